The van der Waals surface area contributed by atoms with Crippen LogP contribution < -0.4 is 0 Å². The summed E-state index contributed by atoms with van der Waals surface area (Å²) in [4.78, 5) is 4.90. The van der Waals surface area contributed by atoms with E-state index in [9.17, 15) is 0 Å². The largest absolute Gasteiger partial charge is 0.325 e. The Morgan fingerprint density at radius 2 is 1.95 bits per heavy atom. The maximum atomic E-state index is 6.15. The van der Waals surface area contributed by atoms with E-state index in [1.54, 1.807) is 0 Å². The predicted molar refractivity (Wildman–Crippen MR) is 81.0 cm³/mol. The summed E-state index contributed by atoms with van der Waals surface area (Å²) < 4.78 is 2.39. The molecule has 1 aromatic carbocycles. The van der Waals surface area contributed by atoms with Crippen LogP contribution in [0.1, 0.15) is 63.7 Å². The van der Waals surface area contributed by atoms with Crippen molar-refractivity contribution in [3.8, 4) is 0 Å². The third-order valence-electron chi connectivity index (χ3n) is 4.17. The molecule has 19 heavy (non-hydrogen) atoms. The summed E-state index contributed by atoms with van der Waals surface area (Å²) >= 11 is 6.15. The second-order valence-corrected chi connectivity index (χ2v) is 6.34. The quantitative estimate of drug-likeness (QED) is 0.726. The highest BCUT2D eigenvalue weighted by atomic mass is 35.5. The molecule has 0 spiro atoms. The highest BCUT2D eigenvalue weighted by molar-refractivity contribution is 6.31. The first-order chi connectivity index (χ1) is 9.16. The number of halogens is 1. The zero-order chi connectivity index (χ0) is 13.4. The van der Waals surface area contributed by atoms with E-state index in [0.717, 1.165) is 10.5 Å². The number of nitrogens with zero attached hydrogens (tertiary/aromatic N) is 2. The predicted octanol–water partition coefficient (Wildman–Crippen LogP) is 5.32. The van der Waals surface area contributed by atoms with Crippen molar-refractivity contribution in [3.63, 3.8) is 0 Å². The van der Waals surface area contributed by atoms with Gasteiger partial charge in [-0.05, 0) is 44.9 Å². The standard InChI is InChI=1S/C16H21ClN2/c1-11(2)19-15-10-13(17)8-9-14(15)18-16(19)12-6-4-3-5-7-12/h8-12H,3-7H2,1-2H3. The number of fused-ring (bicyclic) bond motifs is 1. The normalized spacial score (nSPS) is 17.5. The Balaban J connectivity index is 2.14. The van der Waals surface area contributed by atoms with Crippen molar-refractivity contribution >= 4 is 22.6 Å². The number of imidazole rings is 1. The molecule has 0 radical (unpaired) electrons. The first-order valence-corrected chi connectivity index (χ1v) is 7.72. The SMILES string of the molecule is CC(C)n1c(C2CCCCC2)nc2ccc(Cl)cc21. The van der Waals surface area contributed by atoms with E-state index in [2.05, 4.69) is 24.5 Å². The Hall–Kier alpha value is -1.02. The van der Waals surface area contributed by atoms with Gasteiger partial charge in [0.05, 0.1) is 11.0 Å². The third-order valence-corrected chi connectivity index (χ3v) is 4.40. The van der Waals surface area contributed by atoms with Gasteiger partial charge in [0.25, 0.3) is 0 Å². The minimum Gasteiger partial charge on any atom is -0.325 e. The van der Waals surface area contributed by atoms with Crippen molar-refractivity contribution in [1.82, 2.24) is 9.55 Å². The van der Waals surface area contributed by atoms with Crippen LogP contribution in [0.25, 0.3) is 11.0 Å². The van der Waals surface area contributed by atoms with Crippen LogP contribution in [0.5, 0.6) is 0 Å². The topological polar surface area (TPSA) is 17.8 Å². The van der Waals surface area contributed by atoms with E-state index in [1.807, 2.05) is 12.1 Å². The highest BCUT2D eigenvalue weighted by Crippen LogP contribution is 2.35. The fourth-order valence-electron chi connectivity index (χ4n) is 3.28. The van der Waals surface area contributed by atoms with E-state index < -0.39 is 0 Å². The fraction of sp³-hybridized carbons (Fsp3) is 0.562. The first-order valence-electron chi connectivity index (χ1n) is 7.34. The Bertz CT molecular complexity index is 580. The van der Waals surface area contributed by atoms with Gasteiger partial charge in [-0.25, -0.2) is 4.98 Å². The molecule has 0 N–H and O–H groups in total. The van der Waals surface area contributed by atoms with Gasteiger partial charge in [0.1, 0.15) is 5.82 Å². The van der Waals surface area contributed by atoms with Gasteiger partial charge >= 0.3 is 0 Å². The molecule has 3 rings (SSSR count). The molecular formula is C16H21ClN2. The molecule has 0 aliphatic heterocycles. The van der Waals surface area contributed by atoms with Gasteiger partial charge in [0.2, 0.25) is 0 Å². The number of hydrogen-bond acceptors (Lipinski definition) is 1. The summed E-state index contributed by atoms with van der Waals surface area (Å²) in [6.07, 6.45) is 6.62. The lowest BCUT2D eigenvalue weighted by molar-refractivity contribution is 0.409. The number of rotatable bonds is 2. The van der Waals surface area contributed by atoms with Crippen LogP contribution in [0, 0.1) is 0 Å². The smallest absolute Gasteiger partial charge is 0.113 e. The molecule has 1 fully saturated rings. The maximum Gasteiger partial charge on any atom is 0.113 e. The Morgan fingerprint density at radius 3 is 2.63 bits per heavy atom. The number of hydrogen-bond donors (Lipinski definition) is 0. The molecular weight excluding hydrogens is 256 g/mol. The van der Waals surface area contributed by atoms with E-state index in [0.29, 0.717) is 12.0 Å². The summed E-state index contributed by atoms with van der Waals surface area (Å²) in [6, 6.07) is 6.46. The van der Waals surface area contributed by atoms with Crippen molar-refractivity contribution in [2.75, 3.05) is 0 Å². The van der Waals surface area contributed by atoms with E-state index in [-0.39, 0.29) is 0 Å². The summed E-state index contributed by atoms with van der Waals surface area (Å²) in [6.45, 7) is 4.46. The van der Waals surface area contributed by atoms with E-state index >= 15 is 0 Å². The van der Waals surface area contributed by atoms with Gasteiger partial charge in [-0.2, -0.15) is 0 Å². The van der Waals surface area contributed by atoms with Crippen LogP contribution in [0.3, 0.4) is 0 Å². The zero-order valence-corrected chi connectivity index (χ0v) is 12.5. The van der Waals surface area contributed by atoms with Crippen LogP contribution >= 0.6 is 11.6 Å². The molecule has 0 bridgehead atoms. The summed E-state index contributed by atoms with van der Waals surface area (Å²) in [5.41, 5.74) is 2.27. The third kappa shape index (κ3) is 2.38. The Morgan fingerprint density at radius 1 is 1.21 bits per heavy atom. The second kappa shape index (κ2) is 5.16. The van der Waals surface area contributed by atoms with Crippen LogP contribution in [0.4, 0.5) is 0 Å². The Kier molecular flexibility index (Phi) is 3.53. The molecule has 1 heterocycles. The number of benzene rings is 1. The second-order valence-electron chi connectivity index (χ2n) is 5.90. The molecule has 0 saturated heterocycles. The minimum absolute atomic E-state index is 0.431. The molecule has 1 saturated carbocycles. The van der Waals surface area contributed by atoms with Gasteiger partial charge in [0.15, 0.2) is 0 Å². The molecule has 1 aliphatic rings. The monoisotopic (exact) mass is 276 g/mol. The molecule has 0 unspecified atom stereocenters. The minimum atomic E-state index is 0.431. The first kappa shape index (κ1) is 13.0. The van der Waals surface area contributed by atoms with Gasteiger partial charge in [-0.3, -0.25) is 0 Å². The van der Waals surface area contributed by atoms with E-state index in [1.165, 1.54) is 43.4 Å². The van der Waals surface area contributed by atoms with Crippen molar-refractivity contribution in [2.24, 2.45) is 0 Å². The lowest BCUT2D eigenvalue weighted by Crippen LogP contribution is -2.13. The molecule has 102 valence electrons. The summed E-state index contributed by atoms with van der Waals surface area (Å²) in [5, 5.41) is 0.796. The van der Waals surface area contributed by atoms with Gasteiger partial charge in [-0.1, -0.05) is 30.9 Å². The number of aromatic nitrogens is 2. The van der Waals surface area contributed by atoms with E-state index in [4.69, 9.17) is 16.6 Å². The highest BCUT2D eigenvalue weighted by Gasteiger charge is 2.23. The van der Waals surface area contributed by atoms with Gasteiger partial charge in [0, 0.05) is 17.0 Å². The average molecular weight is 277 g/mol. The van der Waals surface area contributed by atoms with Crippen LogP contribution in [-0.2, 0) is 0 Å². The van der Waals surface area contributed by atoms with Crippen molar-refractivity contribution in [3.05, 3.63) is 29.0 Å². The van der Waals surface area contributed by atoms with Crippen molar-refractivity contribution in [2.45, 2.75) is 57.9 Å². The molecule has 2 aromatic rings. The zero-order valence-electron chi connectivity index (χ0n) is 11.7. The molecule has 0 amide bonds. The van der Waals surface area contributed by atoms with Crippen LogP contribution in [0.2, 0.25) is 5.02 Å². The van der Waals surface area contributed by atoms with Gasteiger partial charge < -0.3 is 4.57 Å². The maximum absolute atomic E-state index is 6.15. The lowest BCUT2D eigenvalue weighted by atomic mass is 9.88. The van der Waals surface area contributed by atoms with Crippen LogP contribution in [0.15, 0.2) is 18.2 Å². The molecule has 1 aromatic heterocycles. The average Bonchev–Trinajstić information content (AvgIpc) is 2.78. The molecule has 1 aliphatic carbocycles. The molecule has 2 nitrogen and oxygen atoms in total. The van der Waals surface area contributed by atoms with Crippen molar-refractivity contribution < 1.29 is 0 Å². The van der Waals surface area contributed by atoms with Crippen LogP contribution in [-0.4, -0.2) is 9.55 Å². The van der Waals surface area contributed by atoms with Gasteiger partial charge in [-0.15, -0.1) is 0 Å². The summed E-state index contributed by atoms with van der Waals surface area (Å²) in [5.74, 6) is 1.90. The Labute approximate surface area is 119 Å². The van der Waals surface area contributed by atoms with Crippen molar-refractivity contribution in [1.29, 1.82) is 0 Å². The summed E-state index contributed by atoms with van der Waals surface area (Å²) in [7, 11) is 0. The molecule has 0 atom stereocenters. The molecule has 3 heteroatoms. The lowest BCUT2D eigenvalue weighted by Gasteiger charge is -2.23. The fourth-order valence-corrected chi connectivity index (χ4v) is 3.44.